The van der Waals surface area contributed by atoms with Gasteiger partial charge in [0.05, 0.1) is 5.56 Å². The smallest absolute Gasteiger partial charge is 0.388 e. The lowest BCUT2D eigenvalue weighted by Gasteiger charge is -2.05. The Hall–Kier alpha value is -3.10. The zero-order chi connectivity index (χ0) is 15.5. The Kier molecular flexibility index (Phi) is 3.60. The fourth-order valence-electron chi connectivity index (χ4n) is 1.71. The van der Waals surface area contributed by atoms with Crippen molar-refractivity contribution >= 4 is 5.95 Å². The van der Waals surface area contributed by atoms with Crippen LogP contribution in [0.1, 0.15) is 5.56 Å². The van der Waals surface area contributed by atoms with Crippen LogP contribution < -0.4 is 11.1 Å². The van der Waals surface area contributed by atoms with Crippen molar-refractivity contribution in [3.8, 4) is 11.5 Å². The molecule has 0 spiro atoms. The molecule has 0 radical (unpaired) electrons. The Bertz CT molecular complexity index is 844. The Morgan fingerprint density at radius 2 is 1.95 bits per heavy atom. The van der Waals surface area contributed by atoms with Crippen molar-refractivity contribution in [2.24, 2.45) is 0 Å². The molecule has 0 aliphatic carbocycles. The molecule has 9 heteroatoms. The molecular weight excluding hydrogens is 296 g/mol. The lowest BCUT2D eigenvalue weighted by molar-refractivity contribution is 0.507. The third kappa shape index (κ3) is 2.97. The molecule has 0 unspecified atom stereocenters. The second kappa shape index (κ2) is 5.72. The van der Waals surface area contributed by atoms with Crippen molar-refractivity contribution in [1.82, 2.24) is 20.2 Å². The van der Waals surface area contributed by atoms with Gasteiger partial charge >= 0.3 is 5.76 Å². The van der Waals surface area contributed by atoms with E-state index in [-0.39, 0.29) is 18.4 Å². The van der Waals surface area contributed by atoms with Crippen LogP contribution in [0.5, 0.6) is 0 Å². The van der Waals surface area contributed by atoms with Crippen LogP contribution in [0.3, 0.4) is 0 Å². The number of benzene rings is 1. The van der Waals surface area contributed by atoms with Gasteiger partial charge < -0.3 is 9.73 Å². The molecule has 0 aliphatic heterocycles. The molecule has 1 aromatic carbocycles. The summed E-state index contributed by atoms with van der Waals surface area (Å²) in [5.41, 5.74) is 0.974. The minimum atomic E-state index is -0.913. The average Bonchev–Trinajstić information content (AvgIpc) is 2.95. The number of hydrogen-bond donors (Lipinski definition) is 2. The second-order valence-corrected chi connectivity index (χ2v) is 4.32. The molecule has 22 heavy (non-hydrogen) atoms. The third-order valence-electron chi connectivity index (χ3n) is 2.77. The van der Waals surface area contributed by atoms with Crippen LogP contribution in [0.4, 0.5) is 14.7 Å². The van der Waals surface area contributed by atoms with Gasteiger partial charge in [-0.25, -0.2) is 28.6 Å². The number of anilines is 1. The van der Waals surface area contributed by atoms with E-state index in [4.69, 9.17) is 4.42 Å². The first-order chi connectivity index (χ1) is 10.6. The first-order valence-electron chi connectivity index (χ1n) is 6.17. The van der Waals surface area contributed by atoms with Gasteiger partial charge in [-0.15, -0.1) is 5.10 Å². The maximum atomic E-state index is 13.1. The molecule has 7 nitrogen and oxygen atoms in total. The maximum Gasteiger partial charge on any atom is 0.434 e. The third-order valence-corrected chi connectivity index (χ3v) is 2.77. The molecule has 3 rings (SSSR count). The molecule has 0 atom stereocenters. The van der Waals surface area contributed by atoms with Crippen LogP contribution >= 0.6 is 0 Å². The van der Waals surface area contributed by atoms with E-state index in [1.807, 2.05) is 0 Å². The van der Waals surface area contributed by atoms with E-state index >= 15 is 0 Å². The first-order valence-corrected chi connectivity index (χ1v) is 6.17. The van der Waals surface area contributed by atoms with Crippen LogP contribution in [0, 0.1) is 11.6 Å². The maximum absolute atomic E-state index is 13.1. The zero-order valence-corrected chi connectivity index (χ0v) is 11.0. The van der Waals surface area contributed by atoms with Crippen molar-refractivity contribution in [3.63, 3.8) is 0 Å². The van der Waals surface area contributed by atoms with Crippen molar-refractivity contribution in [1.29, 1.82) is 0 Å². The first kappa shape index (κ1) is 13.9. The highest BCUT2D eigenvalue weighted by molar-refractivity contribution is 5.50. The largest absolute Gasteiger partial charge is 0.434 e. The lowest BCUT2D eigenvalue weighted by atomic mass is 10.2. The van der Waals surface area contributed by atoms with E-state index in [0.717, 1.165) is 12.1 Å². The van der Waals surface area contributed by atoms with Gasteiger partial charge in [-0.2, -0.15) is 0 Å². The summed E-state index contributed by atoms with van der Waals surface area (Å²) in [4.78, 5) is 18.9. The van der Waals surface area contributed by atoms with Crippen LogP contribution in [-0.2, 0) is 6.54 Å². The summed E-state index contributed by atoms with van der Waals surface area (Å²) in [5.74, 6) is -2.12. The minimum Gasteiger partial charge on any atom is -0.388 e. The normalized spacial score (nSPS) is 10.6. The van der Waals surface area contributed by atoms with Crippen molar-refractivity contribution in [2.75, 3.05) is 5.32 Å². The monoisotopic (exact) mass is 305 g/mol. The van der Waals surface area contributed by atoms with E-state index in [1.54, 1.807) is 0 Å². The number of hydrogen-bond acceptors (Lipinski definition) is 6. The van der Waals surface area contributed by atoms with E-state index in [0.29, 0.717) is 11.1 Å². The molecule has 2 N–H and O–H groups in total. The van der Waals surface area contributed by atoms with Gasteiger partial charge in [0, 0.05) is 18.9 Å². The Balaban J connectivity index is 1.68. The summed E-state index contributed by atoms with van der Waals surface area (Å²) in [7, 11) is 0. The topological polar surface area (TPSA) is 96.7 Å². The highest BCUT2D eigenvalue weighted by Crippen LogP contribution is 2.14. The number of halogens is 2. The highest BCUT2D eigenvalue weighted by atomic mass is 19.2. The number of nitrogens with zero attached hydrogens (tertiary/aromatic N) is 3. The molecule has 0 saturated heterocycles. The molecule has 0 saturated carbocycles. The summed E-state index contributed by atoms with van der Waals surface area (Å²) in [6.45, 7) is 0.230. The summed E-state index contributed by atoms with van der Waals surface area (Å²) in [6.07, 6.45) is 2.83. The zero-order valence-electron chi connectivity index (χ0n) is 11.0. The van der Waals surface area contributed by atoms with Crippen molar-refractivity contribution < 1.29 is 13.2 Å². The minimum absolute atomic E-state index is 0.0807. The molecular formula is C13H9F2N5O2. The molecule has 2 heterocycles. The quantitative estimate of drug-likeness (QED) is 0.761. The van der Waals surface area contributed by atoms with Gasteiger partial charge in [-0.3, -0.25) is 0 Å². The Morgan fingerprint density at radius 1 is 1.18 bits per heavy atom. The van der Waals surface area contributed by atoms with Crippen molar-refractivity contribution in [2.45, 2.75) is 6.54 Å². The Morgan fingerprint density at radius 3 is 2.59 bits per heavy atom. The number of rotatable bonds is 4. The summed E-state index contributed by atoms with van der Waals surface area (Å²) in [5, 5.41) is 8.63. The standard InChI is InChI=1S/C13H9F2N5O2/c14-9-2-1-7(3-10(9)15)4-16-12-17-5-8(6-18-12)11-19-20-13(21)22-11/h1-3,5-6H,4H2,(H,20,21)(H,16,17,18). The van der Waals surface area contributed by atoms with Crippen molar-refractivity contribution in [3.05, 3.63) is 58.3 Å². The number of nitrogens with one attached hydrogen (secondary N) is 2. The molecule has 2 aromatic heterocycles. The lowest BCUT2D eigenvalue weighted by Crippen LogP contribution is -2.04. The van der Waals surface area contributed by atoms with Gasteiger partial charge in [-0.05, 0) is 17.7 Å². The van der Waals surface area contributed by atoms with Crippen LogP contribution in [-0.4, -0.2) is 20.2 Å². The molecule has 0 amide bonds. The van der Waals surface area contributed by atoms with Gasteiger partial charge in [0.15, 0.2) is 11.6 Å². The summed E-state index contributed by atoms with van der Waals surface area (Å²) >= 11 is 0. The Labute approximate surface area is 122 Å². The second-order valence-electron chi connectivity index (χ2n) is 4.32. The molecule has 3 aromatic rings. The molecule has 0 fully saturated rings. The van der Waals surface area contributed by atoms with Gasteiger partial charge in [-0.1, -0.05) is 6.07 Å². The average molecular weight is 305 g/mol. The van der Waals surface area contributed by atoms with Gasteiger partial charge in [0.2, 0.25) is 5.95 Å². The van der Waals surface area contributed by atoms with Gasteiger partial charge in [0.25, 0.3) is 5.89 Å². The number of H-pyrrole nitrogens is 1. The predicted octanol–water partition coefficient (Wildman–Crippen LogP) is 1.71. The molecule has 0 aliphatic rings. The van der Waals surface area contributed by atoms with Crippen LogP contribution in [0.25, 0.3) is 11.5 Å². The number of aromatic amines is 1. The van der Waals surface area contributed by atoms with Crippen LogP contribution in [0.2, 0.25) is 0 Å². The fraction of sp³-hybridized carbons (Fsp3) is 0.0769. The SMILES string of the molecule is O=c1[nH]nc(-c2cnc(NCc3ccc(F)c(F)c3)nc2)o1. The fourth-order valence-corrected chi connectivity index (χ4v) is 1.71. The molecule has 0 bridgehead atoms. The van der Waals surface area contributed by atoms with E-state index in [1.165, 1.54) is 18.5 Å². The molecule has 112 valence electrons. The van der Waals surface area contributed by atoms with E-state index < -0.39 is 17.4 Å². The van der Waals surface area contributed by atoms with E-state index in [2.05, 4.69) is 25.5 Å². The van der Waals surface area contributed by atoms with E-state index in [9.17, 15) is 13.6 Å². The predicted molar refractivity (Wildman–Crippen MR) is 71.8 cm³/mol. The number of aromatic nitrogens is 4. The summed E-state index contributed by atoms with van der Waals surface area (Å²) in [6, 6.07) is 3.60. The van der Waals surface area contributed by atoms with Crippen LogP contribution in [0.15, 0.2) is 39.8 Å². The summed E-state index contributed by atoms with van der Waals surface area (Å²) < 4.78 is 30.6. The van der Waals surface area contributed by atoms with Gasteiger partial charge in [0.1, 0.15) is 0 Å². The highest BCUT2D eigenvalue weighted by Gasteiger charge is 2.07.